The Morgan fingerprint density at radius 1 is 1.21 bits per heavy atom. The van der Waals surface area contributed by atoms with Gasteiger partial charge in [-0.15, -0.1) is 6.58 Å². The van der Waals surface area contributed by atoms with Gasteiger partial charge in [-0.25, -0.2) is 9.59 Å². The van der Waals surface area contributed by atoms with Crippen LogP contribution in [0.3, 0.4) is 0 Å². The summed E-state index contributed by atoms with van der Waals surface area (Å²) in [6.45, 7) is 2.67. The second kappa shape index (κ2) is 16.8. The fraction of sp³-hybridized carbons (Fsp3) is 0.552. The first-order valence-corrected chi connectivity index (χ1v) is 14.5. The largest absolute Gasteiger partial charge is 0.478 e. The first-order valence-electron chi connectivity index (χ1n) is 14.5. The van der Waals surface area contributed by atoms with Gasteiger partial charge in [-0.2, -0.15) is 0 Å². The first kappa shape index (κ1) is 37.6. The number of carboxylic acid groups (broad SMARTS) is 1. The summed E-state index contributed by atoms with van der Waals surface area (Å²) in [5.74, 6) is -7.25. The molecule has 7 atom stereocenters. The second-order valence-corrected chi connectivity index (χ2v) is 10.7. The summed E-state index contributed by atoms with van der Waals surface area (Å²) >= 11 is 0. The first-order chi connectivity index (χ1) is 22.3. The van der Waals surface area contributed by atoms with Crippen LogP contribution in [-0.4, -0.2) is 147 Å². The Balaban J connectivity index is 2.02. The zero-order valence-corrected chi connectivity index (χ0v) is 25.6. The molecule has 3 aliphatic heterocycles. The fourth-order valence-corrected chi connectivity index (χ4v) is 5.08. The predicted molar refractivity (Wildman–Crippen MR) is 160 cm³/mol. The molecule has 1 fully saturated rings. The van der Waals surface area contributed by atoms with Gasteiger partial charge in [0.2, 0.25) is 12.1 Å². The van der Waals surface area contributed by atoms with Crippen LogP contribution >= 0.6 is 0 Å². The maximum absolute atomic E-state index is 12.8. The molecule has 0 aromatic carbocycles. The molecule has 262 valence electrons. The molecule has 0 amide bonds. The Morgan fingerprint density at radius 3 is 2.53 bits per heavy atom. The van der Waals surface area contributed by atoms with E-state index in [1.807, 2.05) is 0 Å². The van der Waals surface area contributed by atoms with Crippen LogP contribution in [0.5, 0.6) is 0 Å². The minimum Gasteiger partial charge on any atom is -0.478 e. The number of hydrogen-bond donors (Lipinski definition) is 10. The smallest absolute Gasteiger partial charge is 0.337 e. The lowest BCUT2D eigenvalue weighted by molar-refractivity contribution is -0.404. The molecule has 47 heavy (non-hydrogen) atoms. The van der Waals surface area contributed by atoms with E-state index in [1.165, 1.54) is 18.2 Å². The van der Waals surface area contributed by atoms with Crippen molar-refractivity contribution in [2.24, 2.45) is 22.6 Å². The lowest BCUT2D eigenvalue weighted by atomic mass is 9.83. The number of β-amino-alcohol motifs (C(OH)–C–C–N with tert-alkyl or cyclic N) is 1. The number of rotatable bonds is 14. The van der Waals surface area contributed by atoms with Gasteiger partial charge in [0, 0.05) is 37.4 Å². The van der Waals surface area contributed by atoms with Crippen LogP contribution in [0.2, 0.25) is 0 Å². The number of carboxylic acids is 1. The number of carbonyl (C=O) groups is 2. The summed E-state index contributed by atoms with van der Waals surface area (Å²) in [4.78, 5) is 30.7. The zero-order valence-electron chi connectivity index (χ0n) is 25.6. The van der Waals surface area contributed by atoms with Gasteiger partial charge in [-0.05, 0) is 6.42 Å². The third kappa shape index (κ3) is 8.74. The Kier molecular flexibility index (Phi) is 13.5. The van der Waals surface area contributed by atoms with Gasteiger partial charge in [0.05, 0.1) is 55.9 Å². The number of methoxy groups -OCH3 is 1. The maximum Gasteiger partial charge on any atom is 0.337 e. The van der Waals surface area contributed by atoms with Crippen molar-refractivity contribution in [2.45, 2.75) is 43.1 Å². The van der Waals surface area contributed by atoms with Crippen LogP contribution in [-0.2, 0) is 28.5 Å². The molecule has 3 heterocycles. The quantitative estimate of drug-likeness (QED) is 0.0213. The van der Waals surface area contributed by atoms with Gasteiger partial charge < -0.3 is 75.8 Å². The molecule has 18 heteroatoms. The molecule has 1 saturated heterocycles. The Bertz CT molecular complexity index is 1300. The number of nitrogens with two attached hydrogens (primary N) is 1. The van der Waals surface area contributed by atoms with Crippen LogP contribution in [0.15, 0.2) is 64.7 Å². The number of nitrogens with zero attached hydrogens (tertiary/aromatic N) is 2. The lowest BCUT2D eigenvalue weighted by Crippen LogP contribution is -2.68. The van der Waals surface area contributed by atoms with Crippen LogP contribution in [0.1, 0.15) is 6.42 Å². The highest BCUT2D eigenvalue weighted by molar-refractivity contribution is 5.92. The zero-order chi connectivity index (χ0) is 34.9. The molecule has 0 aliphatic carbocycles. The molecule has 0 saturated carbocycles. The van der Waals surface area contributed by atoms with Gasteiger partial charge >= 0.3 is 11.9 Å². The van der Waals surface area contributed by atoms with E-state index in [9.17, 15) is 45.3 Å². The standard InChI is InChI=1S/C29H42N4O14/c1-3-16-17(6-5-15-11-33(8-10-35)12-18(24(39)40)21(15)32-28(30)31-7-4-9-34)19(25(41)44-2)14-45-26(16)47-27-23(38)29(42,43)22(37)20(13-36)46-27/h3,5-6,11,14,16-17,20,22-23,26-27,34-38,42-43H,1,4,7-10,12-13H2,2H3,(H,39,40)(H3,30,31,32). The van der Waals surface area contributed by atoms with E-state index < -0.39 is 67.1 Å². The molecule has 3 rings (SSSR count). The van der Waals surface area contributed by atoms with E-state index in [-0.39, 0.29) is 61.2 Å². The number of esters is 1. The number of nitrogens with one attached hydrogen (secondary N) is 1. The molecular formula is C29H42N4O14. The Morgan fingerprint density at radius 2 is 1.94 bits per heavy atom. The van der Waals surface area contributed by atoms with Crippen molar-refractivity contribution in [1.29, 1.82) is 0 Å². The highest BCUT2D eigenvalue weighted by atomic mass is 16.8. The van der Waals surface area contributed by atoms with Gasteiger partial charge in [-0.1, -0.05) is 18.2 Å². The topological polar surface area (TPSA) is 287 Å². The number of hydrogen-bond acceptors (Lipinski definition) is 15. The van der Waals surface area contributed by atoms with Crippen molar-refractivity contribution in [2.75, 3.05) is 46.6 Å². The summed E-state index contributed by atoms with van der Waals surface area (Å²) in [5, 5.41) is 82.0. The van der Waals surface area contributed by atoms with Crippen molar-refractivity contribution < 1.29 is 69.4 Å². The van der Waals surface area contributed by atoms with E-state index in [2.05, 4.69) is 16.9 Å². The third-order valence-electron chi connectivity index (χ3n) is 7.60. The Hall–Kier alpha value is -3.85. The summed E-state index contributed by atoms with van der Waals surface area (Å²) in [7, 11) is 1.14. The fourth-order valence-electron chi connectivity index (χ4n) is 5.08. The number of aliphatic imine (C=N–C) groups is 1. The van der Waals surface area contributed by atoms with E-state index in [0.29, 0.717) is 6.42 Å². The maximum atomic E-state index is 12.8. The minimum absolute atomic E-state index is 0.0217. The number of guanidine groups is 1. The number of allylic oxidation sites excluding steroid dienone is 2. The SMILES string of the molecule is C=CC1C(OC2OC(CO)C(O)C(O)(O)C2O)OC=C(C(=O)OC)C1C=CC1=CN(CCO)CC(C(=O)O)=C1NC(N)=NCCCO. The van der Waals surface area contributed by atoms with Crippen molar-refractivity contribution in [3.05, 3.63) is 59.7 Å². The van der Waals surface area contributed by atoms with Crippen molar-refractivity contribution >= 4 is 17.9 Å². The summed E-state index contributed by atoms with van der Waals surface area (Å²) in [6.07, 6.45) is -1.85. The minimum atomic E-state index is -3.13. The number of carbonyl (C=O) groups excluding carboxylic acids is 1. The molecule has 3 aliphatic rings. The van der Waals surface area contributed by atoms with E-state index in [0.717, 1.165) is 13.4 Å². The van der Waals surface area contributed by atoms with Crippen LogP contribution in [0, 0.1) is 11.8 Å². The number of ether oxygens (including phenoxy) is 4. The average Bonchev–Trinajstić information content (AvgIpc) is 3.04. The van der Waals surface area contributed by atoms with E-state index in [1.54, 1.807) is 11.1 Å². The molecule has 0 bridgehead atoms. The highest BCUT2D eigenvalue weighted by Gasteiger charge is 2.56. The van der Waals surface area contributed by atoms with Gasteiger partial charge in [0.25, 0.3) is 0 Å². The molecule has 0 spiro atoms. The molecule has 18 nitrogen and oxygen atoms in total. The third-order valence-corrected chi connectivity index (χ3v) is 7.60. The van der Waals surface area contributed by atoms with Crippen LogP contribution in [0.25, 0.3) is 0 Å². The van der Waals surface area contributed by atoms with Crippen LogP contribution in [0.4, 0.5) is 0 Å². The van der Waals surface area contributed by atoms with Crippen molar-refractivity contribution in [3.8, 4) is 0 Å². The molecule has 7 unspecified atom stereocenters. The average molecular weight is 671 g/mol. The Labute approximate surface area is 269 Å². The van der Waals surface area contributed by atoms with Crippen molar-refractivity contribution in [1.82, 2.24) is 10.2 Å². The van der Waals surface area contributed by atoms with Gasteiger partial charge in [0.15, 0.2) is 18.4 Å². The monoisotopic (exact) mass is 670 g/mol. The summed E-state index contributed by atoms with van der Waals surface area (Å²) in [5.41, 5.74) is 6.20. The predicted octanol–water partition coefficient (Wildman–Crippen LogP) is -3.67. The molecule has 11 N–H and O–H groups in total. The van der Waals surface area contributed by atoms with E-state index >= 15 is 0 Å². The van der Waals surface area contributed by atoms with E-state index in [4.69, 9.17) is 29.8 Å². The molecule has 0 aromatic heterocycles. The molecule has 0 radical (unpaired) electrons. The van der Waals surface area contributed by atoms with Crippen LogP contribution < -0.4 is 11.1 Å². The summed E-state index contributed by atoms with van der Waals surface area (Å²) in [6, 6.07) is 0. The van der Waals surface area contributed by atoms with Gasteiger partial charge in [-0.3, -0.25) is 4.99 Å². The molecule has 0 aromatic rings. The number of aliphatic hydroxyl groups is 7. The second-order valence-electron chi connectivity index (χ2n) is 10.7. The molecular weight excluding hydrogens is 628 g/mol. The summed E-state index contributed by atoms with van der Waals surface area (Å²) < 4.78 is 21.6. The highest BCUT2D eigenvalue weighted by Crippen LogP contribution is 2.37. The lowest BCUT2D eigenvalue weighted by Gasteiger charge is -2.46. The normalized spacial score (nSPS) is 29.6. The number of aliphatic hydroxyl groups excluding tert-OH is 5. The van der Waals surface area contributed by atoms with Gasteiger partial charge in [0.1, 0.15) is 12.2 Å². The van der Waals surface area contributed by atoms with Crippen molar-refractivity contribution in [3.63, 3.8) is 0 Å². The number of aliphatic carboxylic acids is 1.